The van der Waals surface area contributed by atoms with Crippen LogP contribution >= 0.6 is 11.6 Å². The van der Waals surface area contributed by atoms with Gasteiger partial charge in [0.15, 0.2) is 11.0 Å². The normalized spacial score (nSPS) is 26.9. The topological polar surface area (TPSA) is 50.5 Å². The minimum atomic E-state index is -0.134. The molecule has 1 aromatic heterocycles. The summed E-state index contributed by atoms with van der Waals surface area (Å²) in [6.45, 7) is 0.700. The fraction of sp³-hybridized carbons (Fsp3) is 0.625. The first-order valence-corrected chi connectivity index (χ1v) is 8.13. The molecule has 2 fully saturated rings. The Morgan fingerprint density at radius 1 is 1.19 bits per heavy atom. The van der Waals surface area contributed by atoms with Gasteiger partial charge in [0.2, 0.25) is 0 Å². The van der Waals surface area contributed by atoms with Crippen LogP contribution in [0.2, 0.25) is 5.22 Å². The van der Waals surface area contributed by atoms with Crippen molar-refractivity contribution >= 4 is 23.3 Å². The van der Waals surface area contributed by atoms with E-state index >= 15 is 0 Å². The fourth-order valence-corrected chi connectivity index (χ4v) is 3.76. The number of hydrogen-bond donors (Lipinski definition) is 0. The van der Waals surface area contributed by atoms with Gasteiger partial charge in [0.05, 0.1) is 0 Å². The predicted octanol–water partition coefficient (Wildman–Crippen LogP) is 3.69. The highest BCUT2D eigenvalue weighted by Gasteiger charge is 2.38. The van der Waals surface area contributed by atoms with Gasteiger partial charge in [-0.15, -0.1) is 0 Å². The van der Waals surface area contributed by atoms with Gasteiger partial charge in [0.1, 0.15) is 5.78 Å². The molecule has 4 nitrogen and oxygen atoms in total. The average molecular weight is 310 g/mol. The van der Waals surface area contributed by atoms with E-state index in [2.05, 4.69) is 0 Å². The summed E-state index contributed by atoms with van der Waals surface area (Å²) in [7, 11) is 0. The van der Waals surface area contributed by atoms with E-state index in [9.17, 15) is 9.59 Å². The molecule has 1 amide bonds. The summed E-state index contributed by atoms with van der Waals surface area (Å²) >= 11 is 5.76. The molecule has 0 bridgehead atoms. The van der Waals surface area contributed by atoms with Crippen molar-refractivity contribution in [2.24, 2.45) is 5.92 Å². The summed E-state index contributed by atoms with van der Waals surface area (Å²) in [5.74, 6) is 0.469. The number of ketones is 1. The number of piperidine rings is 1. The summed E-state index contributed by atoms with van der Waals surface area (Å²) < 4.78 is 5.25. The van der Waals surface area contributed by atoms with E-state index in [1.165, 1.54) is 0 Å². The van der Waals surface area contributed by atoms with Crippen LogP contribution in [0.25, 0.3) is 0 Å². The standard InChI is InChI=1S/C16H20ClNO3/c17-15-9-8-14(21-15)16(20)18-10-4-3-6-12(18)11-5-1-2-7-13(11)19/h8-9,11-12H,1-7,10H2. The van der Waals surface area contributed by atoms with E-state index in [4.69, 9.17) is 16.0 Å². The van der Waals surface area contributed by atoms with Gasteiger partial charge in [-0.2, -0.15) is 0 Å². The number of furan rings is 1. The zero-order chi connectivity index (χ0) is 14.8. The van der Waals surface area contributed by atoms with Crippen LogP contribution in [0.3, 0.4) is 0 Å². The monoisotopic (exact) mass is 309 g/mol. The highest BCUT2D eigenvalue weighted by atomic mass is 35.5. The van der Waals surface area contributed by atoms with E-state index in [1.807, 2.05) is 4.90 Å². The van der Waals surface area contributed by atoms with Crippen molar-refractivity contribution in [3.63, 3.8) is 0 Å². The summed E-state index contributed by atoms with van der Waals surface area (Å²) in [5.41, 5.74) is 0. The molecule has 2 atom stereocenters. The van der Waals surface area contributed by atoms with Crippen LogP contribution in [0.5, 0.6) is 0 Å². The quantitative estimate of drug-likeness (QED) is 0.837. The molecule has 1 aliphatic carbocycles. The first-order chi connectivity index (χ1) is 10.2. The molecule has 0 N–H and O–H groups in total. The number of carbonyl (C=O) groups excluding carboxylic acids is 2. The van der Waals surface area contributed by atoms with Gasteiger partial charge in [-0.3, -0.25) is 9.59 Å². The third-order valence-corrected chi connectivity index (χ3v) is 4.86. The van der Waals surface area contributed by atoms with Crippen LogP contribution < -0.4 is 0 Å². The van der Waals surface area contributed by atoms with Gasteiger partial charge in [-0.05, 0) is 55.8 Å². The molecule has 1 aliphatic heterocycles. The van der Waals surface area contributed by atoms with E-state index in [1.54, 1.807) is 12.1 Å². The Labute approximate surface area is 129 Å². The Morgan fingerprint density at radius 3 is 2.71 bits per heavy atom. The number of carbonyl (C=O) groups is 2. The minimum absolute atomic E-state index is 0.00781. The van der Waals surface area contributed by atoms with Crippen molar-refractivity contribution < 1.29 is 14.0 Å². The summed E-state index contributed by atoms with van der Waals surface area (Å²) in [6, 6.07) is 3.22. The zero-order valence-electron chi connectivity index (χ0n) is 12.0. The minimum Gasteiger partial charge on any atom is -0.440 e. The fourth-order valence-electron chi connectivity index (χ4n) is 3.62. The number of likely N-dealkylation sites (tertiary alicyclic amines) is 1. The Balaban J connectivity index is 1.80. The first kappa shape index (κ1) is 14.6. The van der Waals surface area contributed by atoms with Crippen LogP contribution in [-0.2, 0) is 4.79 Å². The molecule has 2 unspecified atom stereocenters. The summed E-state index contributed by atoms with van der Waals surface area (Å²) in [5, 5.41) is 0.223. The van der Waals surface area contributed by atoms with Crippen molar-refractivity contribution in [1.82, 2.24) is 4.90 Å². The molecular formula is C16H20ClNO3. The second-order valence-corrected chi connectivity index (χ2v) is 6.36. The molecule has 0 spiro atoms. The molecule has 3 rings (SSSR count). The number of halogens is 1. The lowest BCUT2D eigenvalue weighted by Gasteiger charge is -2.40. The Bertz CT molecular complexity index is 539. The third kappa shape index (κ3) is 3.00. The number of hydrogen-bond acceptors (Lipinski definition) is 3. The van der Waals surface area contributed by atoms with Crippen molar-refractivity contribution in [2.75, 3.05) is 6.54 Å². The van der Waals surface area contributed by atoms with Crippen LogP contribution in [0.1, 0.15) is 55.5 Å². The van der Waals surface area contributed by atoms with E-state index in [0.29, 0.717) is 18.7 Å². The molecule has 2 aliphatic rings. The van der Waals surface area contributed by atoms with E-state index < -0.39 is 0 Å². The third-order valence-electron chi connectivity index (χ3n) is 4.66. The van der Waals surface area contributed by atoms with Gasteiger partial charge in [-0.25, -0.2) is 0 Å². The SMILES string of the molecule is O=C1CCCCC1C1CCCCN1C(=O)c1ccc(Cl)o1. The predicted molar refractivity (Wildman–Crippen MR) is 79.4 cm³/mol. The lowest BCUT2D eigenvalue weighted by Crippen LogP contribution is -2.50. The average Bonchev–Trinajstić information content (AvgIpc) is 2.94. The van der Waals surface area contributed by atoms with E-state index in [0.717, 1.165) is 38.5 Å². The van der Waals surface area contributed by atoms with E-state index in [-0.39, 0.29) is 28.8 Å². The number of amides is 1. The highest BCUT2D eigenvalue weighted by molar-refractivity contribution is 6.29. The molecule has 21 heavy (non-hydrogen) atoms. The molecule has 114 valence electrons. The van der Waals surface area contributed by atoms with Crippen molar-refractivity contribution in [3.05, 3.63) is 23.1 Å². The van der Waals surface area contributed by atoms with Gasteiger partial charge in [0, 0.05) is 24.9 Å². The smallest absolute Gasteiger partial charge is 0.289 e. The van der Waals surface area contributed by atoms with Gasteiger partial charge < -0.3 is 9.32 Å². The Hall–Kier alpha value is -1.29. The number of nitrogens with zero attached hydrogens (tertiary/aromatic N) is 1. The first-order valence-electron chi connectivity index (χ1n) is 7.76. The summed E-state index contributed by atoms with van der Waals surface area (Å²) in [4.78, 5) is 26.7. The van der Waals surface area contributed by atoms with Crippen LogP contribution in [0.4, 0.5) is 0 Å². The van der Waals surface area contributed by atoms with Crippen molar-refractivity contribution in [1.29, 1.82) is 0 Å². The van der Waals surface area contributed by atoms with Gasteiger partial charge in [0.25, 0.3) is 5.91 Å². The maximum atomic E-state index is 12.6. The largest absolute Gasteiger partial charge is 0.440 e. The van der Waals surface area contributed by atoms with Gasteiger partial charge in [-0.1, -0.05) is 6.42 Å². The highest BCUT2D eigenvalue weighted by Crippen LogP contribution is 2.32. The van der Waals surface area contributed by atoms with Crippen LogP contribution in [0, 0.1) is 5.92 Å². The molecule has 0 aromatic carbocycles. The molecule has 1 aromatic rings. The maximum absolute atomic E-state index is 12.6. The van der Waals surface area contributed by atoms with Crippen LogP contribution in [-0.4, -0.2) is 29.2 Å². The maximum Gasteiger partial charge on any atom is 0.289 e. The second-order valence-electron chi connectivity index (χ2n) is 5.98. The number of Topliss-reactive ketones (excluding diaryl/α,β-unsaturated/α-hetero) is 1. The molecule has 5 heteroatoms. The van der Waals surface area contributed by atoms with Crippen molar-refractivity contribution in [3.8, 4) is 0 Å². The molecule has 1 saturated carbocycles. The lowest BCUT2D eigenvalue weighted by atomic mass is 9.79. The zero-order valence-corrected chi connectivity index (χ0v) is 12.8. The van der Waals surface area contributed by atoms with Gasteiger partial charge >= 0.3 is 0 Å². The molecular weight excluding hydrogens is 290 g/mol. The summed E-state index contributed by atoms with van der Waals surface area (Å²) in [6.07, 6.45) is 6.62. The van der Waals surface area contributed by atoms with Crippen LogP contribution in [0.15, 0.2) is 16.5 Å². The molecule has 0 radical (unpaired) electrons. The second kappa shape index (κ2) is 6.22. The lowest BCUT2D eigenvalue weighted by molar-refractivity contribution is -0.127. The molecule has 1 saturated heterocycles. The molecule has 2 heterocycles. The Morgan fingerprint density at radius 2 is 2.00 bits per heavy atom. The van der Waals surface area contributed by atoms with Crippen molar-refractivity contribution in [2.45, 2.75) is 51.0 Å². The Kier molecular flexibility index (Phi) is 4.34. The number of rotatable bonds is 2.